The molecule has 8 nitrogen and oxygen atoms in total. The summed E-state index contributed by atoms with van der Waals surface area (Å²) in [6, 6.07) is 6.16. The smallest absolute Gasteiger partial charge is 0.191 e. The van der Waals surface area contributed by atoms with Gasteiger partial charge in [-0.25, -0.2) is 0 Å². The summed E-state index contributed by atoms with van der Waals surface area (Å²) in [7, 11) is 0. The molecule has 1 aliphatic heterocycles. The van der Waals surface area contributed by atoms with Crippen LogP contribution < -0.4 is 20.1 Å². The van der Waals surface area contributed by atoms with Gasteiger partial charge in [0.15, 0.2) is 17.5 Å². The Labute approximate surface area is 195 Å². The number of aromatic nitrogens is 3. The van der Waals surface area contributed by atoms with Gasteiger partial charge in [-0.3, -0.25) is 4.99 Å². The molecular formula is C21H33IN6O2. The number of rotatable bonds is 8. The van der Waals surface area contributed by atoms with Crippen LogP contribution in [0.15, 0.2) is 29.5 Å². The SMILES string of the molecule is CCNC(=NCC(C)(C)c1ccc2c(c1)OCCO2)NCCn1cnnc1CC.I. The van der Waals surface area contributed by atoms with Gasteiger partial charge in [-0.1, -0.05) is 26.8 Å². The topological polar surface area (TPSA) is 85.6 Å². The van der Waals surface area contributed by atoms with Crippen LogP contribution in [0.2, 0.25) is 0 Å². The van der Waals surface area contributed by atoms with E-state index in [-0.39, 0.29) is 29.4 Å². The molecule has 2 N–H and O–H groups in total. The van der Waals surface area contributed by atoms with Crippen molar-refractivity contribution in [1.29, 1.82) is 0 Å². The second kappa shape index (κ2) is 11.4. The molecule has 0 fully saturated rings. The number of nitrogens with one attached hydrogen (secondary N) is 2. The lowest BCUT2D eigenvalue weighted by Crippen LogP contribution is -2.40. The summed E-state index contributed by atoms with van der Waals surface area (Å²) >= 11 is 0. The van der Waals surface area contributed by atoms with Crippen molar-refractivity contribution in [2.24, 2.45) is 4.99 Å². The number of hydrogen-bond acceptors (Lipinski definition) is 5. The molecule has 0 spiro atoms. The molecule has 0 unspecified atom stereocenters. The number of aliphatic imine (C=N–C) groups is 1. The summed E-state index contributed by atoms with van der Waals surface area (Å²) in [5, 5.41) is 14.8. The molecule has 3 rings (SSSR count). The summed E-state index contributed by atoms with van der Waals surface area (Å²) in [6.07, 6.45) is 2.65. The molecule has 2 aromatic rings. The second-order valence-corrected chi connectivity index (χ2v) is 7.66. The highest BCUT2D eigenvalue weighted by Gasteiger charge is 2.23. The van der Waals surface area contributed by atoms with Gasteiger partial charge in [0, 0.05) is 31.5 Å². The van der Waals surface area contributed by atoms with E-state index < -0.39 is 0 Å². The highest BCUT2D eigenvalue weighted by Crippen LogP contribution is 2.35. The van der Waals surface area contributed by atoms with Crippen molar-refractivity contribution in [3.8, 4) is 11.5 Å². The van der Waals surface area contributed by atoms with E-state index in [1.807, 2.05) is 6.07 Å². The molecule has 0 amide bonds. The zero-order valence-electron chi connectivity index (χ0n) is 18.3. The van der Waals surface area contributed by atoms with Crippen LogP contribution in [-0.4, -0.2) is 53.6 Å². The number of nitrogens with zero attached hydrogens (tertiary/aromatic N) is 4. The van der Waals surface area contributed by atoms with E-state index in [1.165, 1.54) is 5.56 Å². The molecule has 0 atom stereocenters. The Morgan fingerprint density at radius 1 is 1.17 bits per heavy atom. The van der Waals surface area contributed by atoms with Gasteiger partial charge in [0.2, 0.25) is 0 Å². The number of hydrogen-bond donors (Lipinski definition) is 2. The standard InChI is InChI=1S/C21H32N6O2.HI/c1-5-19-26-25-15-27(19)10-9-23-20(22-6-2)24-14-21(3,4)16-7-8-17-18(13-16)29-12-11-28-17;/h7-8,13,15H,5-6,9-12,14H2,1-4H3,(H2,22,23,24);1H. The van der Waals surface area contributed by atoms with Gasteiger partial charge in [-0.2, -0.15) is 0 Å². The zero-order valence-corrected chi connectivity index (χ0v) is 20.6. The minimum atomic E-state index is -0.137. The van der Waals surface area contributed by atoms with Crippen molar-refractivity contribution in [3.63, 3.8) is 0 Å². The average molecular weight is 528 g/mol. The molecule has 2 heterocycles. The Kier molecular flexibility index (Phi) is 9.19. The third-order valence-electron chi connectivity index (χ3n) is 4.96. The van der Waals surface area contributed by atoms with Crippen LogP contribution in [0.1, 0.15) is 39.1 Å². The summed E-state index contributed by atoms with van der Waals surface area (Å²) < 4.78 is 13.4. The molecule has 0 saturated carbocycles. The first-order valence-corrected chi connectivity index (χ1v) is 10.3. The number of benzene rings is 1. The molecule has 0 saturated heterocycles. The molecule has 0 bridgehead atoms. The highest BCUT2D eigenvalue weighted by molar-refractivity contribution is 14.0. The first-order chi connectivity index (χ1) is 14.0. The summed E-state index contributed by atoms with van der Waals surface area (Å²) in [5.74, 6) is 3.43. The molecule has 0 aliphatic carbocycles. The van der Waals surface area contributed by atoms with Gasteiger partial charge in [0.1, 0.15) is 25.4 Å². The Bertz CT molecular complexity index is 837. The van der Waals surface area contributed by atoms with Gasteiger partial charge < -0.3 is 24.7 Å². The van der Waals surface area contributed by atoms with E-state index in [9.17, 15) is 0 Å². The van der Waals surface area contributed by atoms with Crippen LogP contribution in [-0.2, 0) is 18.4 Å². The van der Waals surface area contributed by atoms with Gasteiger partial charge >= 0.3 is 0 Å². The lowest BCUT2D eigenvalue weighted by atomic mass is 9.84. The Morgan fingerprint density at radius 2 is 1.93 bits per heavy atom. The van der Waals surface area contributed by atoms with Crippen molar-refractivity contribution < 1.29 is 9.47 Å². The van der Waals surface area contributed by atoms with E-state index in [0.717, 1.165) is 49.3 Å². The number of guanidine groups is 1. The third kappa shape index (κ3) is 6.23. The maximum Gasteiger partial charge on any atom is 0.191 e. The fraction of sp³-hybridized carbons (Fsp3) is 0.571. The van der Waals surface area contributed by atoms with Crippen LogP contribution >= 0.6 is 24.0 Å². The minimum absolute atomic E-state index is 0. The molecule has 1 aromatic heterocycles. The van der Waals surface area contributed by atoms with Gasteiger partial charge in [0.25, 0.3) is 0 Å². The molecule has 9 heteroatoms. The predicted octanol–water partition coefficient (Wildman–Crippen LogP) is 2.76. The third-order valence-corrected chi connectivity index (χ3v) is 4.96. The molecule has 0 radical (unpaired) electrons. The fourth-order valence-corrected chi connectivity index (χ4v) is 3.21. The van der Waals surface area contributed by atoms with E-state index >= 15 is 0 Å². The molecular weight excluding hydrogens is 495 g/mol. The zero-order chi connectivity index (χ0) is 20.7. The van der Waals surface area contributed by atoms with Gasteiger partial charge in [-0.15, -0.1) is 34.2 Å². The molecule has 1 aliphatic rings. The second-order valence-electron chi connectivity index (χ2n) is 7.66. The van der Waals surface area contributed by atoms with Crippen LogP contribution in [0.5, 0.6) is 11.5 Å². The van der Waals surface area contributed by atoms with Crippen LogP contribution in [0, 0.1) is 0 Å². The van der Waals surface area contributed by atoms with Gasteiger partial charge in [0.05, 0.1) is 6.54 Å². The Hall–Kier alpha value is -2.04. The van der Waals surface area contributed by atoms with E-state index in [0.29, 0.717) is 19.8 Å². The average Bonchev–Trinajstić information content (AvgIpc) is 3.19. The maximum atomic E-state index is 5.73. The number of aryl methyl sites for hydroxylation is 1. The van der Waals surface area contributed by atoms with E-state index in [2.05, 4.69) is 65.2 Å². The minimum Gasteiger partial charge on any atom is -0.486 e. The van der Waals surface area contributed by atoms with Crippen molar-refractivity contribution in [1.82, 2.24) is 25.4 Å². The number of halogens is 1. The molecule has 166 valence electrons. The van der Waals surface area contributed by atoms with E-state index in [1.54, 1.807) is 6.33 Å². The monoisotopic (exact) mass is 528 g/mol. The largest absolute Gasteiger partial charge is 0.486 e. The van der Waals surface area contributed by atoms with Crippen LogP contribution in [0.25, 0.3) is 0 Å². The normalized spacial score (nSPS) is 13.5. The summed E-state index contributed by atoms with van der Waals surface area (Å²) in [4.78, 5) is 4.82. The predicted molar refractivity (Wildman–Crippen MR) is 129 cm³/mol. The van der Waals surface area contributed by atoms with Crippen molar-refractivity contribution in [2.75, 3.05) is 32.8 Å². The van der Waals surface area contributed by atoms with E-state index in [4.69, 9.17) is 14.5 Å². The van der Waals surface area contributed by atoms with Crippen molar-refractivity contribution in [2.45, 2.75) is 46.1 Å². The summed E-state index contributed by atoms with van der Waals surface area (Å²) in [6.45, 7) is 12.7. The maximum absolute atomic E-state index is 5.73. The molecule has 30 heavy (non-hydrogen) atoms. The van der Waals surface area contributed by atoms with Crippen molar-refractivity contribution in [3.05, 3.63) is 35.9 Å². The molecule has 1 aromatic carbocycles. The van der Waals surface area contributed by atoms with Crippen LogP contribution in [0.3, 0.4) is 0 Å². The van der Waals surface area contributed by atoms with Gasteiger partial charge in [-0.05, 0) is 24.6 Å². The lowest BCUT2D eigenvalue weighted by Gasteiger charge is -2.26. The quantitative estimate of drug-likeness (QED) is 0.312. The summed E-state index contributed by atoms with van der Waals surface area (Å²) in [5.41, 5.74) is 1.04. The van der Waals surface area contributed by atoms with Crippen molar-refractivity contribution >= 4 is 29.9 Å². The fourth-order valence-electron chi connectivity index (χ4n) is 3.21. The van der Waals surface area contributed by atoms with Crippen LogP contribution in [0.4, 0.5) is 0 Å². The Balaban J connectivity index is 0.00000320. The Morgan fingerprint density at radius 3 is 2.67 bits per heavy atom. The first kappa shape index (κ1) is 24.2. The number of ether oxygens (including phenoxy) is 2. The first-order valence-electron chi connectivity index (χ1n) is 10.3. The lowest BCUT2D eigenvalue weighted by molar-refractivity contribution is 0.171. The number of fused-ring (bicyclic) bond motifs is 1. The highest BCUT2D eigenvalue weighted by atomic mass is 127.